The molecule has 0 heterocycles. The fourth-order valence-electron chi connectivity index (χ4n) is 1.40. The summed E-state index contributed by atoms with van der Waals surface area (Å²) in [5, 5.41) is 0. The lowest BCUT2D eigenvalue weighted by molar-refractivity contribution is 0.229. The SMILES string of the molecule is CCN(CCCCC(N)=S)C(C)C. The number of hydrogen-bond donors (Lipinski definition) is 1. The molecule has 13 heavy (non-hydrogen) atoms. The van der Waals surface area contributed by atoms with Crippen LogP contribution < -0.4 is 5.73 Å². The number of rotatable bonds is 7. The van der Waals surface area contributed by atoms with Crippen LogP contribution in [0.5, 0.6) is 0 Å². The van der Waals surface area contributed by atoms with E-state index in [-0.39, 0.29) is 0 Å². The molecule has 0 rings (SSSR count). The molecule has 3 heteroatoms. The third-order valence-electron chi connectivity index (χ3n) is 2.25. The molecule has 0 amide bonds. The van der Waals surface area contributed by atoms with Crippen LogP contribution in [0.4, 0.5) is 0 Å². The maximum absolute atomic E-state index is 5.42. The molecule has 0 saturated heterocycles. The number of nitrogens with zero attached hydrogens (tertiary/aromatic N) is 1. The monoisotopic (exact) mass is 202 g/mol. The van der Waals surface area contributed by atoms with Gasteiger partial charge < -0.3 is 10.6 Å². The van der Waals surface area contributed by atoms with Crippen LogP contribution in [0.2, 0.25) is 0 Å². The van der Waals surface area contributed by atoms with Crippen molar-refractivity contribution in [2.45, 2.75) is 46.1 Å². The molecule has 0 bridgehead atoms. The zero-order chi connectivity index (χ0) is 10.3. The van der Waals surface area contributed by atoms with E-state index in [1.165, 1.54) is 6.42 Å². The Labute approximate surface area is 87.5 Å². The summed E-state index contributed by atoms with van der Waals surface area (Å²) in [4.78, 5) is 3.10. The Morgan fingerprint density at radius 1 is 1.38 bits per heavy atom. The normalized spacial score (nSPS) is 11.2. The predicted octanol–water partition coefficient (Wildman–Crippen LogP) is 2.17. The van der Waals surface area contributed by atoms with Gasteiger partial charge in [0.25, 0.3) is 0 Å². The molecule has 0 unspecified atom stereocenters. The lowest BCUT2D eigenvalue weighted by Crippen LogP contribution is -2.31. The van der Waals surface area contributed by atoms with Crippen LogP contribution in [0, 0.1) is 0 Å². The maximum Gasteiger partial charge on any atom is 0.0727 e. The van der Waals surface area contributed by atoms with Gasteiger partial charge in [-0.05, 0) is 46.2 Å². The van der Waals surface area contributed by atoms with E-state index < -0.39 is 0 Å². The summed E-state index contributed by atoms with van der Waals surface area (Å²) in [6.45, 7) is 8.96. The smallest absolute Gasteiger partial charge is 0.0727 e. The second kappa shape index (κ2) is 7.27. The second-order valence-corrected chi connectivity index (χ2v) is 4.17. The van der Waals surface area contributed by atoms with Crippen LogP contribution in [0.25, 0.3) is 0 Å². The average molecular weight is 202 g/mol. The van der Waals surface area contributed by atoms with E-state index in [2.05, 4.69) is 25.7 Å². The third-order valence-corrected chi connectivity index (χ3v) is 2.46. The molecule has 0 atom stereocenters. The van der Waals surface area contributed by atoms with Gasteiger partial charge in [-0.15, -0.1) is 0 Å². The Morgan fingerprint density at radius 3 is 2.38 bits per heavy atom. The van der Waals surface area contributed by atoms with Gasteiger partial charge in [-0.25, -0.2) is 0 Å². The van der Waals surface area contributed by atoms with Gasteiger partial charge in [-0.3, -0.25) is 0 Å². The highest BCUT2D eigenvalue weighted by atomic mass is 32.1. The Bertz CT molecular complexity index is 146. The van der Waals surface area contributed by atoms with Gasteiger partial charge in [0.2, 0.25) is 0 Å². The third kappa shape index (κ3) is 6.96. The average Bonchev–Trinajstić information content (AvgIpc) is 2.03. The van der Waals surface area contributed by atoms with E-state index in [9.17, 15) is 0 Å². The summed E-state index contributed by atoms with van der Waals surface area (Å²) in [7, 11) is 0. The van der Waals surface area contributed by atoms with E-state index in [0.717, 1.165) is 25.9 Å². The van der Waals surface area contributed by atoms with E-state index in [0.29, 0.717) is 11.0 Å². The molecule has 0 fully saturated rings. The largest absolute Gasteiger partial charge is 0.393 e. The van der Waals surface area contributed by atoms with Gasteiger partial charge in [-0.1, -0.05) is 19.1 Å². The van der Waals surface area contributed by atoms with Crippen molar-refractivity contribution in [2.75, 3.05) is 13.1 Å². The van der Waals surface area contributed by atoms with Crippen molar-refractivity contribution >= 4 is 17.2 Å². The van der Waals surface area contributed by atoms with Crippen molar-refractivity contribution < 1.29 is 0 Å². The standard InChI is InChI=1S/C10H22N2S/c1-4-12(9(2)3)8-6-5-7-10(11)13/h9H,4-8H2,1-3H3,(H2,11,13). The number of nitrogens with two attached hydrogens (primary N) is 1. The molecule has 0 aliphatic heterocycles. The highest BCUT2D eigenvalue weighted by Gasteiger charge is 2.05. The molecule has 2 N–H and O–H groups in total. The first-order chi connectivity index (χ1) is 6.07. The lowest BCUT2D eigenvalue weighted by Gasteiger charge is -2.24. The highest BCUT2D eigenvalue weighted by Crippen LogP contribution is 2.02. The Morgan fingerprint density at radius 2 is 2.00 bits per heavy atom. The fourth-order valence-corrected chi connectivity index (χ4v) is 1.54. The van der Waals surface area contributed by atoms with Crippen LogP contribution in [-0.4, -0.2) is 29.0 Å². The first-order valence-electron chi connectivity index (χ1n) is 5.10. The minimum atomic E-state index is 0.646. The van der Waals surface area contributed by atoms with Crippen molar-refractivity contribution in [2.24, 2.45) is 5.73 Å². The molecule has 0 aromatic carbocycles. The molecule has 0 aliphatic rings. The molecule has 0 saturated carbocycles. The van der Waals surface area contributed by atoms with Crippen molar-refractivity contribution in [3.05, 3.63) is 0 Å². The predicted molar refractivity (Wildman–Crippen MR) is 63.0 cm³/mol. The molecule has 0 aromatic rings. The molecule has 0 radical (unpaired) electrons. The summed E-state index contributed by atoms with van der Waals surface area (Å²) in [5.41, 5.74) is 5.42. The number of hydrogen-bond acceptors (Lipinski definition) is 2. The zero-order valence-corrected chi connectivity index (χ0v) is 9.86. The summed E-state index contributed by atoms with van der Waals surface area (Å²) in [6, 6.07) is 0.648. The van der Waals surface area contributed by atoms with Gasteiger partial charge in [0.05, 0.1) is 4.99 Å². The first kappa shape index (κ1) is 12.8. The van der Waals surface area contributed by atoms with Crippen LogP contribution in [0.1, 0.15) is 40.0 Å². The van der Waals surface area contributed by atoms with E-state index in [1.807, 2.05) is 0 Å². The summed E-state index contributed by atoms with van der Waals surface area (Å²) < 4.78 is 0. The Hall–Kier alpha value is -0.150. The maximum atomic E-state index is 5.42. The van der Waals surface area contributed by atoms with E-state index in [1.54, 1.807) is 0 Å². The van der Waals surface area contributed by atoms with Gasteiger partial charge in [0.1, 0.15) is 0 Å². The fraction of sp³-hybridized carbons (Fsp3) is 0.900. The number of unbranched alkanes of at least 4 members (excludes halogenated alkanes) is 1. The Balaban J connectivity index is 3.44. The summed E-state index contributed by atoms with van der Waals surface area (Å²) in [6.07, 6.45) is 3.22. The molecule has 0 aliphatic carbocycles. The quantitative estimate of drug-likeness (QED) is 0.507. The molecule has 0 spiro atoms. The van der Waals surface area contributed by atoms with E-state index >= 15 is 0 Å². The number of thiocarbonyl (C=S) groups is 1. The minimum absolute atomic E-state index is 0.646. The Kier molecular flexibility index (Phi) is 7.19. The summed E-state index contributed by atoms with van der Waals surface area (Å²) in [5.74, 6) is 0. The topological polar surface area (TPSA) is 29.3 Å². The van der Waals surface area contributed by atoms with Crippen molar-refractivity contribution in [1.29, 1.82) is 0 Å². The molecule has 0 aromatic heterocycles. The molecular formula is C10H22N2S. The zero-order valence-electron chi connectivity index (χ0n) is 9.05. The first-order valence-corrected chi connectivity index (χ1v) is 5.51. The van der Waals surface area contributed by atoms with Crippen molar-refractivity contribution in [3.63, 3.8) is 0 Å². The second-order valence-electron chi connectivity index (χ2n) is 3.65. The van der Waals surface area contributed by atoms with Gasteiger partial charge in [0.15, 0.2) is 0 Å². The molecule has 78 valence electrons. The van der Waals surface area contributed by atoms with E-state index in [4.69, 9.17) is 18.0 Å². The summed E-state index contributed by atoms with van der Waals surface area (Å²) >= 11 is 4.82. The van der Waals surface area contributed by atoms with Gasteiger partial charge in [0, 0.05) is 6.04 Å². The van der Waals surface area contributed by atoms with Crippen LogP contribution >= 0.6 is 12.2 Å². The lowest BCUT2D eigenvalue weighted by atomic mass is 10.2. The van der Waals surface area contributed by atoms with Crippen LogP contribution in [-0.2, 0) is 0 Å². The highest BCUT2D eigenvalue weighted by molar-refractivity contribution is 7.80. The van der Waals surface area contributed by atoms with Gasteiger partial charge in [-0.2, -0.15) is 0 Å². The molecule has 2 nitrogen and oxygen atoms in total. The van der Waals surface area contributed by atoms with Crippen molar-refractivity contribution in [3.8, 4) is 0 Å². The molecular weight excluding hydrogens is 180 g/mol. The van der Waals surface area contributed by atoms with Crippen molar-refractivity contribution in [1.82, 2.24) is 4.90 Å². The minimum Gasteiger partial charge on any atom is -0.393 e. The van der Waals surface area contributed by atoms with Gasteiger partial charge >= 0.3 is 0 Å². The van der Waals surface area contributed by atoms with Crippen LogP contribution in [0.15, 0.2) is 0 Å². The van der Waals surface area contributed by atoms with Crippen LogP contribution in [0.3, 0.4) is 0 Å².